The van der Waals surface area contributed by atoms with E-state index >= 15 is 0 Å². The van der Waals surface area contributed by atoms with Gasteiger partial charge in [0.25, 0.3) is 5.91 Å². The first-order chi connectivity index (χ1) is 10.2. The Morgan fingerprint density at radius 2 is 1.95 bits per heavy atom. The van der Waals surface area contributed by atoms with Crippen LogP contribution in [-0.2, 0) is 5.33 Å². The van der Waals surface area contributed by atoms with E-state index in [4.69, 9.17) is 4.74 Å². The van der Waals surface area contributed by atoms with Crippen LogP contribution in [0.25, 0.3) is 0 Å². The van der Waals surface area contributed by atoms with E-state index in [9.17, 15) is 4.79 Å². The van der Waals surface area contributed by atoms with Crippen molar-refractivity contribution in [2.75, 3.05) is 13.2 Å². The number of hydrogen-bond acceptors (Lipinski definition) is 2. The van der Waals surface area contributed by atoms with Gasteiger partial charge in [-0.25, -0.2) is 0 Å². The minimum absolute atomic E-state index is 0.0797. The smallest absolute Gasteiger partial charge is 0.251 e. The van der Waals surface area contributed by atoms with Crippen LogP contribution >= 0.6 is 15.9 Å². The molecule has 0 radical (unpaired) electrons. The van der Waals surface area contributed by atoms with Crippen molar-refractivity contribution in [3.05, 3.63) is 65.2 Å². The molecule has 21 heavy (non-hydrogen) atoms. The Labute approximate surface area is 133 Å². The number of benzene rings is 2. The first-order valence-corrected chi connectivity index (χ1v) is 7.94. The lowest BCUT2D eigenvalue weighted by molar-refractivity contribution is 0.0947. The molecular weight excluding hydrogens is 330 g/mol. The van der Waals surface area contributed by atoms with E-state index < -0.39 is 0 Å². The van der Waals surface area contributed by atoms with Crippen molar-refractivity contribution >= 4 is 21.8 Å². The summed E-state index contributed by atoms with van der Waals surface area (Å²) in [6.07, 6.45) is 0. The van der Waals surface area contributed by atoms with E-state index in [2.05, 4.69) is 21.2 Å². The van der Waals surface area contributed by atoms with Gasteiger partial charge in [-0.3, -0.25) is 4.79 Å². The highest BCUT2D eigenvalue weighted by Gasteiger charge is 2.04. The Bertz CT molecular complexity index is 596. The fourth-order valence-corrected chi connectivity index (χ4v) is 2.26. The third kappa shape index (κ3) is 4.90. The molecule has 0 spiro atoms. The Hall–Kier alpha value is -1.81. The minimum atomic E-state index is -0.0797. The highest BCUT2D eigenvalue weighted by Crippen LogP contribution is 2.12. The summed E-state index contributed by atoms with van der Waals surface area (Å²) in [5.41, 5.74) is 2.97. The minimum Gasteiger partial charge on any atom is -0.492 e. The van der Waals surface area contributed by atoms with Gasteiger partial charge in [-0.1, -0.05) is 40.2 Å². The lowest BCUT2D eigenvalue weighted by Crippen LogP contribution is -2.28. The summed E-state index contributed by atoms with van der Waals surface area (Å²) in [7, 11) is 0. The number of amides is 1. The molecule has 1 amide bonds. The van der Waals surface area contributed by atoms with Crippen molar-refractivity contribution in [2.45, 2.75) is 12.3 Å². The molecule has 110 valence electrons. The number of nitrogens with one attached hydrogen (secondary N) is 1. The Morgan fingerprint density at radius 1 is 1.19 bits per heavy atom. The third-order valence-electron chi connectivity index (χ3n) is 3.02. The number of alkyl halides is 1. The second-order valence-corrected chi connectivity index (χ2v) is 5.31. The molecule has 0 saturated carbocycles. The molecule has 0 heterocycles. The first-order valence-electron chi connectivity index (χ1n) is 6.81. The summed E-state index contributed by atoms with van der Waals surface area (Å²) in [5.74, 6) is 0.745. The summed E-state index contributed by atoms with van der Waals surface area (Å²) in [4.78, 5) is 11.9. The normalized spacial score (nSPS) is 10.2. The zero-order valence-corrected chi connectivity index (χ0v) is 13.5. The van der Waals surface area contributed by atoms with Gasteiger partial charge in [0.1, 0.15) is 12.4 Å². The van der Waals surface area contributed by atoms with Crippen molar-refractivity contribution in [2.24, 2.45) is 0 Å². The molecule has 0 unspecified atom stereocenters. The molecule has 0 atom stereocenters. The number of hydrogen-bond donors (Lipinski definition) is 1. The summed E-state index contributed by atoms with van der Waals surface area (Å²) < 4.78 is 5.59. The molecule has 2 aromatic rings. The maximum Gasteiger partial charge on any atom is 0.251 e. The first kappa shape index (κ1) is 15.6. The molecule has 0 bridgehead atoms. The number of ether oxygens (including phenoxy) is 1. The monoisotopic (exact) mass is 347 g/mol. The summed E-state index contributed by atoms with van der Waals surface area (Å²) in [5, 5.41) is 3.64. The quantitative estimate of drug-likeness (QED) is 0.639. The van der Waals surface area contributed by atoms with Gasteiger partial charge in [-0.2, -0.15) is 0 Å². The molecule has 0 aliphatic carbocycles. The Morgan fingerprint density at radius 3 is 2.62 bits per heavy atom. The van der Waals surface area contributed by atoms with E-state index in [1.807, 2.05) is 55.5 Å². The third-order valence-corrected chi connectivity index (χ3v) is 3.66. The highest BCUT2D eigenvalue weighted by atomic mass is 79.9. The lowest BCUT2D eigenvalue weighted by Gasteiger charge is -2.08. The molecule has 3 nitrogen and oxygen atoms in total. The van der Waals surface area contributed by atoms with Crippen molar-refractivity contribution in [3.63, 3.8) is 0 Å². The van der Waals surface area contributed by atoms with Crippen LogP contribution in [0, 0.1) is 6.92 Å². The largest absolute Gasteiger partial charge is 0.492 e. The van der Waals surface area contributed by atoms with Crippen molar-refractivity contribution in [3.8, 4) is 5.75 Å². The van der Waals surface area contributed by atoms with Crippen LogP contribution in [0.5, 0.6) is 5.75 Å². The maximum atomic E-state index is 11.9. The fraction of sp³-hybridized carbons (Fsp3) is 0.235. The Balaban J connectivity index is 1.76. The molecular formula is C17H18BrNO2. The van der Waals surface area contributed by atoms with Gasteiger partial charge in [-0.05, 0) is 42.3 Å². The second kappa shape index (κ2) is 7.84. The van der Waals surface area contributed by atoms with Crippen LogP contribution in [0.15, 0.2) is 48.5 Å². The molecule has 0 fully saturated rings. The number of rotatable bonds is 6. The van der Waals surface area contributed by atoms with E-state index in [0.717, 1.165) is 22.2 Å². The zero-order chi connectivity index (χ0) is 15.1. The van der Waals surface area contributed by atoms with Gasteiger partial charge >= 0.3 is 0 Å². The highest BCUT2D eigenvalue weighted by molar-refractivity contribution is 9.08. The number of carbonyl (C=O) groups excluding carboxylic acids is 1. The van der Waals surface area contributed by atoms with Crippen LogP contribution in [0.1, 0.15) is 21.5 Å². The average molecular weight is 348 g/mol. The lowest BCUT2D eigenvalue weighted by atomic mass is 10.1. The molecule has 0 aliphatic rings. The van der Waals surface area contributed by atoms with Crippen LogP contribution in [0.3, 0.4) is 0 Å². The van der Waals surface area contributed by atoms with Gasteiger partial charge in [0, 0.05) is 10.9 Å². The Kier molecular flexibility index (Phi) is 5.81. The molecule has 0 saturated heterocycles. The standard InChI is InChI=1S/C17H18BrNO2/c1-13-3-2-4-16(11-13)21-10-9-19-17(20)15-7-5-14(12-18)6-8-15/h2-8,11H,9-10,12H2,1H3,(H,19,20). The molecule has 0 aromatic heterocycles. The van der Waals surface area contributed by atoms with E-state index in [1.54, 1.807) is 0 Å². The van der Waals surface area contributed by atoms with Gasteiger partial charge in [-0.15, -0.1) is 0 Å². The maximum absolute atomic E-state index is 11.9. The second-order valence-electron chi connectivity index (χ2n) is 4.75. The van der Waals surface area contributed by atoms with Gasteiger partial charge in [0.15, 0.2) is 0 Å². The van der Waals surface area contributed by atoms with Gasteiger partial charge in [0.05, 0.1) is 6.54 Å². The van der Waals surface area contributed by atoms with E-state index in [0.29, 0.717) is 18.7 Å². The van der Waals surface area contributed by atoms with E-state index in [1.165, 1.54) is 0 Å². The predicted molar refractivity (Wildman–Crippen MR) is 88.1 cm³/mol. The predicted octanol–water partition coefficient (Wildman–Crippen LogP) is 3.70. The molecule has 0 aliphatic heterocycles. The van der Waals surface area contributed by atoms with Crippen LogP contribution in [-0.4, -0.2) is 19.1 Å². The van der Waals surface area contributed by atoms with Crippen LogP contribution < -0.4 is 10.1 Å². The SMILES string of the molecule is Cc1cccc(OCCNC(=O)c2ccc(CBr)cc2)c1. The van der Waals surface area contributed by atoms with Crippen molar-refractivity contribution in [1.82, 2.24) is 5.32 Å². The van der Waals surface area contributed by atoms with Crippen molar-refractivity contribution < 1.29 is 9.53 Å². The van der Waals surface area contributed by atoms with Crippen LogP contribution in [0.4, 0.5) is 0 Å². The van der Waals surface area contributed by atoms with Gasteiger partial charge in [0.2, 0.25) is 0 Å². The molecule has 4 heteroatoms. The summed E-state index contributed by atoms with van der Waals surface area (Å²) in [6, 6.07) is 15.4. The topological polar surface area (TPSA) is 38.3 Å². The molecule has 2 aromatic carbocycles. The number of carbonyl (C=O) groups is 1. The zero-order valence-electron chi connectivity index (χ0n) is 11.9. The average Bonchev–Trinajstić information content (AvgIpc) is 2.51. The molecule has 2 rings (SSSR count). The number of halogens is 1. The summed E-state index contributed by atoms with van der Waals surface area (Å²) in [6.45, 7) is 2.95. The molecule has 1 N–H and O–H groups in total. The number of aryl methyl sites for hydroxylation is 1. The van der Waals surface area contributed by atoms with Gasteiger partial charge < -0.3 is 10.1 Å². The van der Waals surface area contributed by atoms with E-state index in [-0.39, 0.29) is 5.91 Å². The fourth-order valence-electron chi connectivity index (χ4n) is 1.89. The van der Waals surface area contributed by atoms with Crippen molar-refractivity contribution in [1.29, 1.82) is 0 Å². The van der Waals surface area contributed by atoms with Crippen LogP contribution in [0.2, 0.25) is 0 Å². The summed E-state index contributed by atoms with van der Waals surface area (Å²) >= 11 is 3.38.